The van der Waals surface area contributed by atoms with Crippen LogP contribution in [0.1, 0.15) is 19.4 Å². The van der Waals surface area contributed by atoms with E-state index < -0.39 is 17.8 Å². The van der Waals surface area contributed by atoms with Crippen molar-refractivity contribution in [1.82, 2.24) is 5.32 Å². The number of halogens is 2. The van der Waals surface area contributed by atoms with Gasteiger partial charge in [0.25, 0.3) is 0 Å². The molecule has 0 spiro atoms. The molecule has 6 nitrogen and oxygen atoms in total. The van der Waals surface area contributed by atoms with Crippen LogP contribution in [-0.4, -0.2) is 23.0 Å². The monoisotopic (exact) mass is 515 g/mol. The van der Waals surface area contributed by atoms with Gasteiger partial charge in [0.15, 0.2) is 5.75 Å². The van der Waals surface area contributed by atoms with Crippen molar-refractivity contribution < 1.29 is 24.2 Å². The number of carbonyl (C=O) groups is 3. The summed E-state index contributed by atoms with van der Waals surface area (Å²) in [5.74, 6) is -1.71. The van der Waals surface area contributed by atoms with Gasteiger partial charge >= 0.3 is 11.9 Å². The number of ether oxygens (including phenoxy) is 1. The highest BCUT2D eigenvalue weighted by Crippen LogP contribution is 2.29. The number of carboxylic acid groups (broad SMARTS) is 1. The van der Waals surface area contributed by atoms with Crippen LogP contribution < -0.4 is 10.1 Å². The predicted octanol–water partition coefficient (Wildman–Crippen LogP) is 2.38. The summed E-state index contributed by atoms with van der Waals surface area (Å²) in [6.07, 6.45) is 1.34. The third-order valence-electron chi connectivity index (χ3n) is 2.12. The number of carbonyl (C=O) groups excluding carboxylic acids is 2. The molecule has 0 saturated carbocycles. The molecular weight excluding hydrogens is 504 g/mol. The van der Waals surface area contributed by atoms with Crippen LogP contribution in [0.2, 0.25) is 0 Å². The molecule has 0 aliphatic heterocycles. The Hall–Kier alpha value is -1.17. The molecule has 1 aromatic rings. The van der Waals surface area contributed by atoms with Crippen molar-refractivity contribution in [3.63, 3.8) is 0 Å². The van der Waals surface area contributed by atoms with E-state index in [4.69, 9.17) is 9.84 Å². The number of hydrogen-bond acceptors (Lipinski definition) is 4. The first-order valence-corrected chi connectivity index (χ1v) is 7.76. The zero-order chi connectivity index (χ0) is 16.2. The molecule has 1 amide bonds. The molecule has 0 bridgehead atoms. The lowest BCUT2D eigenvalue weighted by Gasteiger charge is -2.09. The van der Waals surface area contributed by atoms with Crippen LogP contribution in [0.25, 0.3) is 6.08 Å². The second kappa shape index (κ2) is 7.73. The molecular formula is C13H11I2NO5. The Morgan fingerprint density at radius 2 is 1.71 bits per heavy atom. The third kappa shape index (κ3) is 5.61. The van der Waals surface area contributed by atoms with Gasteiger partial charge in [0.1, 0.15) is 5.70 Å². The van der Waals surface area contributed by atoms with Gasteiger partial charge in [-0.15, -0.1) is 0 Å². The maximum absolute atomic E-state index is 11.1. The molecule has 2 N–H and O–H groups in total. The highest BCUT2D eigenvalue weighted by Gasteiger charge is 2.13. The SMILES string of the molecule is CC(=O)NC(=Cc1cc(I)c(OC(C)=O)c(I)c1)C(=O)O. The highest BCUT2D eigenvalue weighted by molar-refractivity contribution is 14.1. The van der Waals surface area contributed by atoms with Crippen LogP contribution >= 0.6 is 45.2 Å². The standard InChI is InChI=1S/C13H11I2NO5/c1-6(17)16-11(13(19)20)5-8-3-9(14)12(10(15)4-8)21-7(2)18/h3-5H,1-2H3,(H,16,17)(H,19,20). The van der Waals surface area contributed by atoms with Gasteiger partial charge in [-0.3, -0.25) is 9.59 Å². The summed E-state index contributed by atoms with van der Waals surface area (Å²) in [6, 6.07) is 3.32. The van der Waals surface area contributed by atoms with Crippen molar-refractivity contribution in [2.75, 3.05) is 0 Å². The Kier molecular flexibility index (Phi) is 6.58. The lowest BCUT2D eigenvalue weighted by molar-refractivity contribution is -0.134. The fraction of sp³-hybridized carbons (Fsp3) is 0.154. The summed E-state index contributed by atoms with van der Waals surface area (Å²) in [5, 5.41) is 11.3. The first-order chi connectivity index (χ1) is 9.70. The normalized spacial score (nSPS) is 11.0. The zero-order valence-corrected chi connectivity index (χ0v) is 15.4. The Bertz CT molecular complexity index is 616. The minimum atomic E-state index is -1.24. The van der Waals surface area contributed by atoms with E-state index in [1.165, 1.54) is 19.9 Å². The first-order valence-electron chi connectivity index (χ1n) is 5.60. The number of carboxylic acids is 1. The van der Waals surface area contributed by atoms with Gasteiger partial charge in [-0.1, -0.05) is 0 Å². The summed E-state index contributed by atoms with van der Waals surface area (Å²) in [6.45, 7) is 2.54. The van der Waals surface area contributed by atoms with Crippen molar-refractivity contribution in [3.05, 3.63) is 30.5 Å². The van der Waals surface area contributed by atoms with Gasteiger partial charge < -0.3 is 15.2 Å². The number of rotatable bonds is 4. The number of benzene rings is 1. The van der Waals surface area contributed by atoms with Gasteiger partial charge in [-0.25, -0.2) is 4.79 Å². The summed E-state index contributed by atoms with van der Waals surface area (Å²) in [4.78, 5) is 33.1. The van der Waals surface area contributed by atoms with E-state index in [1.807, 2.05) is 45.2 Å². The zero-order valence-electron chi connectivity index (χ0n) is 11.1. The lowest BCUT2D eigenvalue weighted by Crippen LogP contribution is -2.24. The van der Waals surface area contributed by atoms with E-state index in [0.29, 0.717) is 18.5 Å². The van der Waals surface area contributed by atoms with Crippen LogP contribution in [0, 0.1) is 7.14 Å². The number of hydrogen-bond donors (Lipinski definition) is 2. The van der Waals surface area contributed by atoms with E-state index in [0.717, 1.165) is 0 Å². The topological polar surface area (TPSA) is 92.7 Å². The third-order valence-corrected chi connectivity index (χ3v) is 3.72. The summed E-state index contributed by atoms with van der Waals surface area (Å²) < 4.78 is 6.41. The van der Waals surface area contributed by atoms with Crippen molar-refractivity contribution in [2.45, 2.75) is 13.8 Å². The van der Waals surface area contributed by atoms with Crippen molar-refractivity contribution in [3.8, 4) is 5.75 Å². The van der Waals surface area contributed by atoms with Gasteiger partial charge in [-0.05, 0) is 69.0 Å². The summed E-state index contributed by atoms with van der Waals surface area (Å²) in [7, 11) is 0. The number of nitrogens with one attached hydrogen (secondary N) is 1. The predicted molar refractivity (Wildman–Crippen MR) is 92.6 cm³/mol. The van der Waals surface area contributed by atoms with Crippen LogP contribution in [0.4, 0.5) is 0 Å². The van der Waals surface area contributed by atoms with Crippen LogP contribution in [0.5, 0.6) is 5.75 Å². The molecule has 0 aliphatic carbocycles. The molecule has 0 fully saturated rings. The Morgan fingerprint density at radius 3 is 2.10 bits per heavy atom. The van der Waals surface area contributed by atoms with Crippen LogP contribution in [0.3, 0.4) is 0 Å². The maximum atomic E-state index is 11.1. The van der Waals surface area contributed by atoms with Gasteiger partial charge in [0.05, 0.1) is 7.14 Å². The molecule has 0 saturated heterocycles. The summed E-state index contributed by atoms with van der Waals surface area (Å²) in [5.41, 5.74) is 0.347. The Morgan fingerprint density at radius 1 is 1.19 bits per heavy atom. The van der Waals surface area contributed by atoms with Crippen molar-refractivity contribution >= 4 is 69.1 Å². The van der Waals surface area contributed by atoms with Crippen molar-refractivity contribution in [2.24, 2.45) is 0 Å². The second-order valence-corrected chi connectivity index (χ2v) is 6.28. The molecule has 1 rings (SSSR count). The molecule has 0 unspecified atom stereocenters. The Labute approximate surface area is 148 Å². The summed E-state index contributed by atoms with van der Waals surface area (Å²) >= 11 is 3.98. The fourth-order valence-electron chi connectivity index (χ4n) is 1.41. The van der Waals surface area contributed by atoms with E-state index >= 15 is 0 Å². The average Bonchev–Trinajstić information content (AvgIpc) is 2.32. The number of esters is 1. The quantitative estimate of drug-likeness (QED) is 0.278. The molecule has 21 heavy (non-hydrogen) atoms. The smallest absolute Gasteiger partial charge is 0.352 e. The number of amides is 1. The fourth-order valence-corrected chi connectivity index (χ4v) is 3.45. The maximum Gasteiger partial charge on any atom is 0.352 e. The average molecular weight is 515 g/mol. The molecule has 0 aromatic heterocycles. The van der Waals surface area contributed by atoms with Gasteiger partial charge in [-0.2, -0.15) is 0 Å². The minimum absolute atomic E-state index is 0.227. The van der Waals surface area contributed by atoms with Crippen LogP contribution in [-0.2, 0) is 14.4 Å². The number of aliphatic carboxylic acids is 1. The van der Waals surface area contributed by atoms with E-state index in [2.05, 4.69) is 5.32 Å². The molecule has 8 heteroatoms. The molecule has 0 heterocycles. The second-order valence-electron chi connectivity index (χ2n) is 3.95. The minimum Gasteiger partial charge on any atom is -0.477 e. The molecule has 112 valence electrons. The lowest BCUT2D eigenvalue weighted by atomic mass is 10.2. The molecule has 1 aromatic carbocycles. The largest absolute Gasteiger partial charge is 0.477 e. The van der Waals surface area contributed by atoms with Gasteiger partial charge in [0.2, 0.25) is 5.91 Å². The Balaban J connectivity index is 3.23. The van der Waals surface area contributed by atoms with Crippen LogP contribution in [0.15, 0.2) is 17.8 Å². The molecule has 0 aliphatic rings. The first kappa shape index (κ1) is 17.9. The van der Waals surface area contributed by atoms with E-state index in [1.54, 1.807) is 12.1 Å². The van der Waals surface area contributed by atoms with E-state index in [-0.39, 0.29) is 5.70 Å². The van der Waals surface area contributed by atoms with E-state index in [9.17, 15) is 14.4 Å². The highest BCUT2D eigenvalue weighted by atomic mass is 127. The van der Waals surface area contributed by atoms with Gasteiger partial charge in [0, 0.05) is 13.8 Å². The molecule has 0 atom stereocenters. The molecule has 0 radical (unpaired) electrons. The van der Waals surface area contributed by atoms with Crippen molar-refractivity contribution in [1.29, 1.82) is 0 Å².